The van der Waals surface area contributed by atoms with E-state index in [0.29, 0.717) is 28.7 Å². The van der Waals surface area contributed by atoms with Crippen LogP contribution in [0.4, 0.5) is 18.9 Å². The van der Waals surface area contributed by atoms with Gasteiger partial charge in [0.25, 0.3) is 0 Å². The molecule has 0 atom stereocenters. The Bertz CT molecular complexity index is 771. The first-order valence-corrected chi connectivity index (χ1v) is 7.36. The monoisotopic (exact) mass is 339 g/mol. The highest BCUT2D eigenvalue weighted by Gasteiger charge is 2.44. The Kier molecular flexibility index (Phi) is 5.11. The molecule has 0 aromatic heterocycles. The molecule has 2 rings (SSSR count). The van der Waals surface area contributed by atoms with Crippen molar-refractivity contribution in [2.75, 3.05) is 11.4 Å². The summed E-state index contributed by atoms with van der Waals surface area (Å²) < 4.78 is 38.6. The minimum atomic E-state index is -5.15. The number of halogens is 3. The van der Waals surface area contributed by atoms with Crippen molar-refractivity contribution in [2.45, 2.75) is 25.9 Å². The Hall–Kier alpha value is -2.57. The van der Waals surface area contributed by atoms with E-state index in [1.807, 2.05) is 13.0 Å². The Morgan fingerprint density at radius 2 is 1.79 bits per heavy atom. The van der Waals surface area contributed by atoms with Gasteiger partial charge in [-0.3, -0.25) is 14.5 Å². The van der Waals surface area contributed by atoms with Crippen LogP contribution in [0, 0.1) is 0 Å². The number of anilines is 1. The van der Waals surface area contributed by atoms with Gasteiger partial charge in [-0.25, -0.2) is 0 Å². The number of carbonyl (C=O) groups excluding carboxylic acids is 1. The molecule has 7 heteroatoms. The van der Waals surface area contributed by atoms with Gasteiger partial charge < -0.3 is 5.11 Å². The first-order chi connectivity index (χ1) is 11.3. The van der Waals surface area contributed by atoms with Gasteiger partial charge in [0.15, 0.2) is 0 Å². The number of carboxylic acid groups (broad SMARTS) is 1. The quantitative estimate of drug-likeness (QED) is 0.902. The highest BCUT2D eigenvalue weighted by Crippen LogP contribution is 2.32. The number of hydrogen-bond donors (Lipinski definition) is 1. The number of carbonyl (C=O) groups is 2. The SMILES string of the molecule is CCCc1c(N(CC(=O)O)C(=O)C(F)(F)F)ccc2ccccc12. The third-order valence-corrected chi connectivity index (χ3v) is 3.59. The summed E-state index contributed by atoms with van der Waals surface area (Å²) in [5.41, 5.74) is 0.523. The predicted molar refractivity (Wildman–Crippen MR) is 84.0 cm³/mol. The highest BCUT2D eigenvalue weighted by atomic mass is 19.4. The largest absolute Gasteiger partial charge is 0.480 e. The number of fused-ring (bicyclic) bond motifs is 1. The molecule has 0 unspecified atom stereocenters. The summed E-state index contributed by atoms with van der Waals surface area (Å²) in [4.78, 5) is 23.0. The smallest absolute Gasteiger partial charge is 0.471 e. The minimum absolute atomic E-state index is 0.0136. The van der Waals surface area contributed by atoms with Crippen molar-refractivity contribution >= 4 is 28.3 Å². The summed E-state index contributed by atoms with van der Waals surface area (Å²) in [6.45, 7) is 0.812. The molecular weight excluding hydrogens is 323 g/mol. The van der Waals surface area contributed by atoms with Crippen molar-refractivity contribution in [1.29, 1.82) is 0 Å². The average Bonchev–Trinajstić information content (AvgIpc) is 2.52. The van der Waals surface area contributed by atoms with Crippen LogP contribution in [0.25, 0.3) is 10.8 Å². The van der Waals surface area contributed by atoms with Gasteiger partial charge in [0.1, 0.15) is 6.54 Å². The summed E-state index contributed by atoms with van der Waals surface area (Å²) >= 11 is 0. The predicted octanol–water partition coefficient (Wildman–Crippen LogP) is 3.77. The van der Waals surface area contributed by atoms with Crippen LogP contribution >= 0.6 is 0 Å². The highest BCUT2D eigenvalue weighted by molar-refractivity contribution is 6.03. The van der Waals surface area contributed by atoms with E-state index in [1.165, 1.54) is 6.07 Å². The van der Waals surface area contributed by atoms with E-state index in [9.17, 15) is 22.8 Å². The Balaban J connectivity index is 2.66. The number of alkyl halides is 3. The Morgan fingerprint density at radius 1 is 1.12 bits per heavy atom. The number of aliphatic carboxylic acids is 1. The normalized spacial score (nSPS) is 11.5. The number of amides is 1. The van der Waals surface area contributed by atoms with Crippen LogP contribution in [0.1, 0.15) is 18.9 Å². The number of hydrogen-bond acceptors (Lipinski definition) is 2. The molecule has 0 fully saturated rings. The molecule has 2 aromatic rings. The lowest BCUT2D eigenvalue weighted by Crippen LogP contribution is -2.44. The molecular formula is C17H16F3NO3. The third kappa shape index (κ3) is 3.67. The van der Waals surface area contributed by atoms with Crippen molar-refractivity contribution < 1.29 is 27.9 Å². The molecule has 2 aromatic carbocycles. The van der Waals surface area contributed by atoms with Gasteiger partial charge in [0.2, 0.25) is 0 Å². The van der Waals surface area contributed by atoms with E-state index < -0.39 is 24.6 Å². The minimum Gasteiger partial charge on any atom is -0.480 e. The van der Waals surface area contributed by atoms with Crippen molar-refractivity contribution in [3.63, 3.8) is 0 Å². The van der Waals surface area contributed by atoms with Crippen LogP contribution in [-0.2, 0) is 16.0 Å². The van der Waals surface area contributed by atoms with Crippen LogP contribution in [-0.4, -0.2) is 29.7 Å². The maximum atomic E-state index is 12.9. The van der Waals surface area contributed by atoms with Gasteiger partial charge in [-0.05, 0) is 28.8 Å². The maximum absolute atomic E-state index is 12.9. The average molecular weight is 339 g/mol. The molecule has 1 N–H and O–H groups in total. The fourth-order valence-corrected chi connectivity index (χ4v) is 2.64. The lowest BCUT2D eigenvalue weighted by atomic mass is 9.98. The zero-order chi connectivity index (χ0) is 17.9. The molecule has 1 amide bonds. The number of nitrogens with zero attached hydrogens (tertiary/aromatic N) is 1. The zero-order valence-corrected chi connectivity index (χ0v) is 12.9. The fourth-order valence-electron chi connectivity index (χ4n) is 2.64. The van der Waals surface area contributed by atoms with Crippen molar-refractivity contribution in [1.82, 2.24) is 0 Å². The topological polar surface area (TPSA) is 57.6 Å². The molecule has 0 bridgehead atoms. The van der Waals surface area contributed by atoms with Crippen LogP contribution in [0.2, 0.25) is 0 Å². The summed E-state index contributed by atoms with van der Waals surface area (Å²) in [7, 11) is 0. The van der Waals surface area contributed by atoms with E-state index in [2.05, 4.69) is 0 Å². The first-order valence-electron chi connectivity index (χ1n) is 7.36. The second-order valence-corrected chi connectivity index (χ2v) is 5.32. The first kappa shape index (κ1) is 17.8. The fraction of sp³-hybridized carbons (Fsp3) is 0.294. The molecule has 128 valence electrons. The third-order valence-electron chi connectivity index (χ3n) is 3.59. The number of carboxylic acids is 1. The molecule has 0 heterocycles. The molecule has 0 aliphatic heterocycles. The molecule has 0 spiro atoms. The summed E-state index contributed by atoms with van der Waals surface area (Å²) in [5, 5.41) is 10.5. The maximum Gasteiger partial charge on any atom is 0.471 e. The van der Waals surface area contributed by atoms with Crippen molar-refractivity contribution in [2.24, 2.45) is 0 Å². The molecule has 0 saturated carbocycles. The number of benzene rings is 2. The van der Waals surface area contributed by atoms with E-state index in [0.717, 1.165) is 5.39 Å². The van der Waals surface area contributed by atoms with Crippen molar-refractivity contribution in [3.05, 3.63) is 42.0 Å². The summed E-state index contributed by atoms with van der Waals surface area (Å²) in [6.07, 6.45) is -4.08. The van der Waals surface area contributed by atoms with Crippen LogP contribution in [0.3, 0.4) is 0 Å². The van der Waals surface area contributed by atoms with Crippen LogP contribution in [0.5, 0.6) is 0 Å². The lowest BCUT2D eigenvalue weighted by Gasteiger charge is -2.25. The molecule has 0 saturated heterocycles. The Morgan fingerprint density at radius 3 is 2.38 bits per heavy atom. The lowest BCUT2D eigenvalue weighted by molar-refractivity contribution is -0.170. The van der Waals surface area contributed by atoms with E-state index in [4.69, 9.17) is 5.11 Å². The Labute approximate surface area is 136 Å². The van der Waals surface area contributed by atoms with Gasteiger partial charge >= 0.3 is 18.1 Å². The van der Waals surface area contributed by atoms with E-state index >= 15 is 0 Å². The number of rotatable bonds is 5. The van der Waals surface area contributed by atoms with Crippen molar-refractivity contribution in [3.8, 4) is 0 Å². The second-order valence-electron chi connectivity index (χ2n) is 5.32. The molecule has 0 aliphatic carbocycles. The number of aryl methyl sites for hydroxylation is 1. The van der Waals surface area contributed by atoms with Crippen LogP contribution < -0.4 is 4.90 Å². The molecule has 0 aliphatic rings. The van der Waals surface area contributed by atoms with Gasteiger partial charge in [0, 0.05) is 5.69 Å². The zero-order valence-electron chi connectivity index (χ0n) is 12.9. The summed E-state index contributed by atoms with van der Waals surface area (Å²) in [6, 6.07) is 10.1. The molecule has 0 radical (unpaired) electrons. The van der Waals surface area contributed by atoms with Crippen LogP contribution in [0.15, 0.2) is 36.4 Å². The van der Waals surface area contributed by atoms with E-state index in [1.54, 1.807) is 24.3 Å². The standard InChI is InChI=1S/C17H16F3NO3/c1-2-5-13-12-7-4-3-6-11(12)8-9-14(13)21(10-15(22)23)16(24)17(18,19)20/h3-4,6-9H,2,5,10H2,1H3,(H,22,23). The molecule has 24 heavy (non-hydrogen) atoms. The van der Waals surface area contributed by atoms with Gasteiger partial charge in [-0.1, -0.05) is 43.7 Å². The van der Waals surface area contributed by atoms with Gasteiger partial charge in [0.05, 0.1) is 0 Å². The van der Waals surface area contributed by atoms with E-state index in [-0.39, 0.29) is 5.69 Å². The molecule has 4 nitrogen and oxygen atoms in total. The van der Waals surface area contributed by atoms with Gasteiger partial charge in [-0.15, -0.1) is 0 Å². The summed E-state index contributed by atoms with van der Waals surface area (Å²) in [5.74, 6) is -3.69. The second kappa shape index (κ2) is 6.90. The van der Waals surface area contributed by atoms with Gasteiger partial charge in [-0.2, -0.15) is 13.2 Å².